The van der Waals surface area contributed by atoms with Crippen LogP contribution in [0.5, 0.6) is 0 Å². The van der Waals surface area contributed by atoms with E-state index in [-0.39, 0.29) is 56.7 Å². The molecular weight excluding hydrogens is 355 g/mol. The topological polar surface area (TPSA) is 84.3 Å². The summed E-state index contributed by atoms with van der Waals surface area (Å²) in [6.45, 7) is 1.51. The second-order valence-corrected chi connectivity index (χ2v) is 4.27. The first-order chi connectivity index (χ1) is 8.99. The predicted molar refractivity (Wildman–Crippen MR) is 75.0 cm³/mol. The van der Waals surface area contributed by atoms with Crippen LogP contribution in [0, 0.1) is 16.2 Å². The van der Waals surface area contributed by atoms with Gasteiger partial charge >= 0.3 is 0 Å². The van der Waals surface area contributed by atoms with Gasteiger partial charge < -0.3 is 10.6 Å². The number of hydrogen-bond donors (Lipinski definition) is 2. The molecule has 1 aromatic carbocycles. The molecule has 20 heavy (non-hydrogen) atoms. The summed E-state index contributed by atoms with van der Waals surface area (Å²) in [6.07, 6.45) is 0.258. The summed E-state index contributed by atoms with van der Waals surface area (Å²) in [5.74, 6) is -0.319. The van der Waals surface area contributed by atoms with Crippen LogP contribution in [0.2, 0.25) is 0 Å². The Morgan fingerprint density at radius 2 is 2.00 bits per heavy atom. The van der Waals surface area contributed by atoms with Gasteiger partial charge in [0.05, 0.1) is 0 Å². The van der Waals surface area contributed by atoms with Crippen LogP contribution >= 0.6 is 12.2 Å². The van der Waals surface area contributed by atoms with Crippen molar-refractivity contribution in [1.82, 2.24) is 10.6 Å². The molecule has 0 unspecified atom stereocenters. The van der Waals surface area contributed by atoms with Gasteiger partial charge in [0.2, 0.25) is 0 Å². The first-order valence-corrected chi connectivity index (χ1v) is 6.01. The molecule has 8 heteroatoms. The second kappa shape index (κ2) is 9.90. The van der Waals surface area contributed by atoms with Crippen molar-refractivity contribution in [2.45, 2.75) is 13.3 Å². The molecule has 0 spiro atoms. The third kappa shape index (κ3) is 7.62. The van der Waals surface area contributed by atoms with Crippen molar-refractivity contribution in [3.8, 4) is 0 Å². The molecule has 0 aliphatic heterocycles. The first-order valence-electron chi connectivity index (χ1n) is 5.60. The van der Waals surface area contributed by atoms with Crippen LogP contribution in [0.4, 0.5) is 0 Å². The smallest absolute Gasteiger partial charge is 0.257 e. The van der Waals surface area contributed by atoms with E-state index in [0.717, 1.165) is 0 Å². The number of rotatable bonds is 5. The molecular formula is C12H14N3O3SY-. The number of carbonyl (C=O) groups excluding carboxylic acids is 1. The van der Waals surface area contributed by atoms with Crippen LogP contribution in [0.1, 0.15) is 23.7 Å². The molecule has 0 bridgehead atoms. The van der Waals surface area contributed by atoms with Gasteiger partial charge in [0, 0.05) is 43.2 Å². The largest absolute Gasteiger partial charge is 0.509 e. The van der Waals surface area contributed by atoms with Crippen LogP contribution in [-0.4, -0.2) is 22.5 Å². The molecule has 0 fully saturated rings. The summed E-state index contributed by atoms with van der Waals surface area (Å²) >= 11 is 4.95. The van der Waals surface area contributed by atoms with E-state index < -0.39 is 4.92 Å². The summed E-state index contributed by atoms with van der Waals surface area (Å²) in [5, 5.41) is 15.6. The maximum absolute atomic E-state index is 11.7. The molecule has 0 aromatic heterocycles. The minimum atomic E-state index is -0.406. The van der Waals surface area contributed by atoms with Crippen LogP contribution in [-0.2, 0) is 32.7 Å². The van der Waals surface area contributed by atoms with E-state index >= 15 is 0 Å². The summed E-state index contributed by atoms with van der Waals surface area (Å²) in [7, 11) is 0. The maximum Gasteiger partial charge on any atom is 0.257 e. The van der Waals surface area contributed by atoms with Gasteiger partial charge in [-0.1, -0.05) is 24.6 Å². The molecule has 1 amide bonds. The average Bonchev–Trinajstić information content (AvgIpc) is 2.37. The zero-order valence-corrected chi connectivity index (χ0v) is 14.6. The van der Waals surface area contributed by atoms with Crippen molar-refractivity contribution >= 4 is 23.2 Å². The number of benzene rings is 1. The minimum Gasteiger partial charge on any atom is -0.509 e. The molecule has 105 valence electrons. The van der Waals surface area contributed by atoms with Gasteiger partial charge in [0.15, 0.2) is 6.54 Å². The fourth-order valence-corrected chi connectivity index (χ4v) is 1.58. The average molecular weight is 369 g/mol. The molecule has 0 saturated carbocycles. The van der Waals surface area contributed by atoms with Crippen molar-refractivity contribution in [2.24, 2.45) is 0 Å². The first kappa shape index (κ1) is 19.1. The Morgan fingerprint density at radius 1 is 1.40 bits per heavy atom. The molecule has 0 saturated heterocycles. The number of amides is 1. The van der Waals surface area contributed by atoms with Crippen LogP contribution in [0.3, 0.4) is 0 Å². The van der Waals surface area contributed by atoms with E-state index in [4.69, 9.17) is 12.2 Å². The van der Waals surface area contributed by atoms with E-state index in [9.17, 15) is 14.9 Å². The second-order valence-electron chi connectivity index (χ2n) is 3.86. The van der Waals surface area contributed by atoms with Gasteiger partial charge in [-0.25, -0.2) is 6.04 Å². The number of carbonyl (C=O) groups is 1. The van der Waals surface area contributed by atoms with Crippen molar-refractivity contribution in [1.29, 1.82) is 0 Å². The fourth-order valence-electron chi connectivity index (χ4n) is 1.31. The van der Waals surface area contributed by atoms with E-state index in [1.165, 1.54) is 0 Å². The van der Waals surface area contributed by atoms with Gasteiger partial charge in [0.25, 0.3) is 5.91 Å². The third-order valence-electron chi connectivity index (χ3n) is 2.26. The summed E-state index contributed by atoms with van der Waals surface area (Å²) in [6, 6.07) is 9.28. The van der Waals surface area contributed by atoms with E-state index in [1.54, 1.807) is 31.2 Å². The van der Waals surface area contributed by atoms with Crippen molar-refractivity contribution in [3.05, 3.63) is 52.1 Å². The zero-order chi connectivity index (χ0) is 14.3. The Labute approximate surface area is 147 Å². The number of hydrogen-bond acceptors (Lipinski definition) is 4. The number of nitrogens with one attached hydrogen (secondary N) is 2. The summed E-state index contributed by atoms with van der Waals surface area (Å²) in [5.41, 5.74) is 0.495. The predicted octanol–water partition coefficient (Wildman–Crippen LogP) is 1.51. The molecule has 0 heterocycles. The van der Waals surface area contributed by atoms with Crippen LogP contribution < -0.4 is 10.6 Å². The van der Waals surface area contributed by atoms with Crippen LogP contribution in [0.15, 0.2) is 30.3 Å². The van der Waals surface area contributed by atoms with Gasteiger partial charge in [-0.2, -0.15) is 6.92 Å². The molecule has 0 aliphatic rings. The number of nitro groups is 1. The van der Waals surface area contributed by atoms with Crippen molar-refractivity contribution < 1.29 is 42.4 Å². The molecule has 0 aliphatic carbocycles. The Balaban J connectivity index is 0.00000361. The summed E-state index contributed by atoms with van der Waals surface area (Å²) in [4.78, 5) is 21.6. The van der Waals surface area contributed by atoms with Gasteiger partial charge in [0.1, 0.15) is 5.11 Å². The fraction of sp³-hybridized carbons (Fsp3) is 0.250. The number of nitrogens with zero attached hydrogens (tertiary/aromatic N) is 1. The Bertz CT molecular complexity index is 470. The molecule has 2 N–H and O–H groups in total. The molecule has 6 nitrogen and oxygen atoms in total. The molecule has 1 aromatic rings. The molecule has 1 rings (SSSR count). The van der Waals surface area contributed by atoms with E-state index in [2.05, 4.69) is 10.6 Å². The normalized spacial score (nSPS) is 9.50. The van der Waals surface area contributed by atoms with Crippen molar-refractivity contribution in [2.75, 3.05) is 6.54 Å². The zero-order valence-electron chi connectivity index (χ0n) is 11.0. The van der Waals surface area contributed by atoms with Crippen LogP contribution in [0.25, 0.3) is 0 Å². The quantitative estimate of drug-likeness (QED) is 0.356. The van der Waals surface area contributed by atoms with Gasteiger partial charge in [-0.05, 0) is 24.4 Å². The Morgan fingerprint density at radius 3 is 2.55 bits per heavy atom. The number of thiocarbonyl (C=S) groups is 1. The Hall–Kier alpha value is -0.916. The SMILES string of the molecule is C[C-](CC[N+](=O)[O-])NC(=S)NC(=O)c1ccccc1.[Y]. The van der Waals surface area contributed by atoms with Crippen molar-refractivity contribution in [3.63, 3.8) is 0 Å². The monoisotopic (exact) mass is 369 g/mol. The third-order valence-corrected chi connectivity index (χ3v) is 2.46. The maximum atomic E-state index is 11.7. The Kier molecular flexibility index (Phi) is 9.45. The van der Waals surface area contributed by atoms with E-state index in [0.29, 0.717) is 11.6 Å². The standard InChI is InChI=1S/C12H14N3O3S.Y/c1-9(7-8-15(17)18)13-12(19)14-11(16)10-5-3-2-4-6-10;/h2-6H,7-8H2,1H3,(H2,13,14,16,19);/q-1;. The van der Waals surface area contributed by atoms with Gasteiger partial charge in [-0.3, -0.25) is 14.9 Å². The molecule has 1 radical (unpaired) electrons. The van der Waals surface area contributed by atoms with Gasteiger partial charge in [-0.15, -0.1) is 0 Å². The van der Waals surface area contributed by atoms with E-state index in [1.807, 2.05) is 6.07 Å². The summed E-state index contributed by atoms with van der Waals surface area (Å²) < 4.78 is 0. The molecule has 0 atom stereocenters. The minimum absolute atomic E-state index is 0.